The molecule has 5 nitrogen and oxygen atoms in total. The number of hydrogen-bond acceptors (Lipinski definition) is 5. The van der Waals surface area contributed by atoms with Gasteiger partial charge in [0.25, 0.3) is 0 Å². The van der Waals surface area contributed by atoms with Gasteiger partial charge in [0.1, 0.15) is 0 Å². The first-order chi connectivity index (χ1) is 9.46. The molecule has 0 bridgehead atoms. The number of aliphatic hydroxyl groups excluding tert-OH is 1. The fraction of sp³-hybridized carbons (Fsp3) is 0.600. The smallest absolute Gasteiger partial charge is 0.203 e. The van der Waals surface area contributed by atoms with Gasteiger partial charge in [-0.1, -0.05) is 13.8 Å². The highest BCUT2D eigenvalue weighted by atomic mass is 35.5. The molecule has 0 saturated heterocycles. The number of ether oxygens (including phenoxy) is 3. The van der Waals surface area contributed by atoms with Gasteiger partial charge in [-0.3, -0.25) is 0 Å². The summed E-state index contributed by atoms with van der Waals surface area (Å²) in [5.74, 6) is 1.92. The van der Waals surface area contributed by atoms with E-state index in [2.05, 4.69) is 0 Å². The lowest BCUT2D eigenvalue weighted by atomic mass is 9.94. The van der Waals surface area contributed by atoms with Gasteiger partial charge in [0.2, 0.25) is 5.75 Å². The van der Waals surface area contributed by atoms with E-state index in [-0.39, 0.29) is 12.4 Å². The molecule has 0 saturated carbocycles. The number of rotatable bonds is 7. The number of methoxy groups -OCH3 is 3. The summed E-state index contributed by atoms with van der Waals surface area (Å²) in [6, 6.07) is 3.03. The molecular formula is C15H26ClNO4. The predicted molar refractivity (Wildman–Crippen MR) is 85.7 cm³/mol. The van der Waals surface area contributed by atoms with E-state index in [9.17, 15) is 5.11 Å². The zero-order chi connectivity index (χ0) is 15.3. The molecule has 1 rings (SSSR count). The summed E-state index contributed by atoms with van der Waals surface area (Å²) in [7, 11) is 4.65. The Balaban J connectivity index is 0.00000400. The maximum atomic E-state index is 10.2. The zero-order valence-electron chi connectivity index (χ0n) is 13.3. The summed E-state index contributed by atoms with van der Waals surface area (Å²) in [6.07, 6.45) is -0.0134. The molecule has 1 aromatic carbocycles. The summed E-state index contributed by atoms with van der Waals surface area (Å²) in [5.41, 5.74) is 6.86. The Kier molecular flexibility index (Phi) is 8.47. The maximum absolute atomic E-state index is 10.2. The lowest BCUT2D eigenvalue weighted by molar-refractivity contribution is 0.119. The first kappa shape index (κ1) is 19.8. The quantitative estimate of drug-likeness (QED) is 0.808. The van der Waals surface area contributed by atoms with Gasteiger partial charge in [0.05, 0.1) is 33.5 Å². The summed E-state index contributed by atoms with van der Waals surface area (Å²) >= 11 is 0. The van der Waals surface area contributed by atoms with Crippen molar-refractivity contribution in [2.45, 2.75) is 32.4 Å². The summed E-state index contributed by atoms with van der Waals surface area (Å²) in [4.78, 5) is 0. The zero-order valence-corrected chi connectivity index (χ0v) is 14.1. The van der Waals surface area contributed by atoms with Crippen molar-refractivity contribution in [1.29, 1.82) is 0 Å². The van der Waals surface area contributed by atoms with Crippen LogP contribution in [0.3, 0.4) is 0 Å². The molecule has 3 N–H and O–H groups in total. The van der Waals surface area contributed by atoms with E-state index in [0.717, 1.165) is 0 Å². The van der Waals surface area contributed by atoms with Crippen molar-refractivity contribution in [3.05, 3.63) is 17.7 Å². The van der Waals surface area contributed by atoms with Crippen LogP contribution in [0.1, 0.15) is 31.9 Å². The molecule has 0 aliphatic carbocycles. The number of hydrogen-bond donors (Lipinski definition) is 2. The minimum atomic E-state index is -0.637. The van der Waals surface area contributed by atoms with Crippen molar-refractivity contribution < 1.29 is 19.3 Å². The second-order valence-electron chi connectivity index (χ2n) is 5.15. The van der Waals surface area contributed by atoms with Crippen molar-refractivity contribution >= 4 is 12.4 Å². The van der Waals surface area contributed by atoms with Crippen LogP contribution in [0.25, 0.3) is 0 Å². The molecule has 2 atom stereocenters. The topological polar surface area (TPSA) is 73.9 Å². The highest BCUT2D eigenvalue weighted by Gasteiger charge is 2.25. The van der Waals surface area contributed by atoms with E-state index >= 15 is 0 Å². The predicted octanol–water partition coefficient (Wildman–Crippen LogP) is 2.54. The van der Waals surface area contributed by atoms with Gasteiger partial charge in [-0.25, -0.2) is 0 Å². The molecule has 0 unspecified atom stereocenters. The third kappa shape index (κ3) is 4.66. The normalized spacial score (nSPS) is 13.3. The fourth-order valence-corrected chi connectivity index (χ4v) is 2.22. The third-order valence-electron chi connectivity index (χ3n) is 3.22. The van der Waals surface area contributed by atoms with E-state index in [1.165, 1.54) is 0 Å². The third-order valence-corrected chi connectivity index (χ3v) is 3.22. The lowest BCUT2D eigenvalue weighted by Gasteiger charge is -2.24. The molecule has 0 fully saturated rings. The van der Waals surface area contributed by atoms with Gasteiger partial charge in [-0.2, -0.15) is 0 Å². The second-order valence-corrected chi connectivity index (χ2v) is 5.15. The van der Waals surface area contributed by atoms with E-state index < -0.39 is 12.1 Å². The Morgan fingerprint density at radius 3 is 2.05 bits per heavy atom. The fourth-order valence-electron chi connectivity index (χ4n) is 2.22. The Bertz CT molecular complexity index is 440. The Hall–Kier alpha value is -1.17. The van der Waals surface area contributed by atoms with Gasteiger partial charge < -0.3 is 25.1 Å². The van der Waals surface area contributed by atoms with Gasteiger partial charge in [-0.05, 0) is 24.5 Å². The second kappa shape index (κ2) is 8.97. The molecule has 21 heavy (non-hydrogen) atoms. The van der Waals surface area contributed by atoms with Crippen LogP contribution in [-0.4, -0.2) is 32.5 Å². The lowest BCUT2D eigenvalue weighted by Crippen LogP contribution is -2.28. The van der Waals surface area contributed by atoms with Crippen LogP contribution in [0.4, 0.5) is 0 Å². The Morgan fingerprint density at radius 1 is 1.05 bits per heavy atom. The first-order valence-electron chi connectivity index (χ1n) is 6.68. The molecule has 0 spiro atoms. The number of aliphatic hydroxyl groups is 1. The Morgan fingerprint density at radius 2 is 1.62 bits per heavy atom. The number of benzene rings is 1. The Labute approximate surface area is 132 Å². The largest absolute Gasteiger partial charge is 0.493 e. The molecule has 0 heterocycles. The first-order valence-corrected chi connectivity index (χ1v) is 6.68. The summed E-state index contributed by atoms with van der Waals surface area (Å²) < 4.78 is 15.9. The van der Waals surface area contributed by atoms with Gasteiger partial charge in [-0.15, -0.1) is 12.4 Å². The van der Waals surface area contributed by atoms with Crippen molar-refractivity contribution in [2.24, 2.45) is 11.7 Å². The van der Waals surface area contributed by atoms with E-state index in [0.29, 0.717) is 35.2 Å². The van der Waals surface area contributed by atoms with Crippen molar-refractivity contribution in [3.63, 3.8) is 0 Å². The van der Waals surface area contributed by atoms with Crippen LogP contribution in [0.15, 0.2) is 12.1 Å². The molecule has 0 radical (unpaired) electrons. The summed E-state index contributed by atoms with van der Waals surface area (Å²) in [5, 5.41) is 10.2. The van der Waals surface area contributed by atoms with Crippen LogP contribution in [0.2, 0.25) is 0 Å². The van der Waals surface area contributed by atoms with Crippen LogP contribution >= 0.6 is 12.4 Å². The maximum Gasteiger partial charge on any atom is 0.203 e. The van der Waals surface area contributed by atoms with Crippen molar-refractivity contribution in [3.8, 4) is 17.2 Å². The van der Waals surface area contributed by atoms with Crippen LogP contribution < -0.4 is 19.9 Å². The SMILES string of the molecule is COc1ccc([C@H](N)[C@H](O)CC(C)C)c(OC)c1OC.Cl. The minimum Gasteiger partial charge on any atom is -0.493 e. The van der Waals surface area contributed by atoms with E-state index in [4.69, 9.17) is 19.9 Å². The monoisotopic (exact) mass is 319 g/mol. The average molecular weight is 320 g/mol. The van der Waals surface area contributed by atoms with Gasteiger partial charge in [0.15, 0.2) is 11.5 Å². The molecule has 0 aliphatic rings. The molecule has 0 aliphatic heterocycles. The molecule has 0 aromatic heterocycles. The molecule has 0 amide bonds. The highest BCUT2D eigenvalue weighted by molar-refractivity contribution is 5.85. The van der Waals surface area contributed by atoms with Crippen LogP contribution in [0, 0.1) is 5.92 Å². The van der Waals surface area contributed by atoms with E-state index in [1.54, 1.807) is 33.5 Å². The highest BCUT2D eigenvalue weighted by Crippen LogP contribution is 2.42. The standard InChI is InChI=1S/C15H25NO4.ClH/c1-9(2)8-11(17)13(16)10-6-7-12(18-3)15(20-5)14(10)19-4;/h6-7,9,11,13,17H,8,16H2,1-5H3;1H/t11-,13+;/m1./s1. The van der Waals surface area contributed by atoms with Gasteiger partial charge >= 0.3 is 0 Å². The van der Waals surface area contributed by atoms with E-state index in [1.807, 2.05) is 13.8 Å². The minimum absolute atomic E-state index is 0. The molecular weight excluding hydrogens is 294 g/mol. The summed E-state index contributed by atoms with van der Waals surface area (Å²) in [6.45, 7) is 4.09. The molecule has 122 valence electrons. The number of nitrogens with two attached hydrogens (primary N) is 1. The van der Waals surface area contributed by atoms with Crippen LogP contribution in [0.5, 0.6) is 17.2 Å². The van der Waals surface area contributed by atoms with Gasteiger partial charge in [0, 0.05) is 5.56 Å². The number of halogens is 1. The van der Waals surface area contributed by atoms with Crippen LogP contribution in [-0.2, 0) is 0 Å². The van der Waals surface area contributed by atoms with Crippen molar-refractivity contribution in [2.75, 3.05) is 21.3 Å². The average Bonchev–Trinajstić information content (AvgIpc) is 2.43. The molecule has 1 aromatic rings. The molecule has 6 heteroatoms. The van der Waals surface area contributed by atoms with Crippen molar-refractivity contribution in [1.82, 2.24) is 0 Å².